The monoisotopic (exact) mass is 489 g/mol. The molecule has 36 heavy (non-hydrogen) atoms. The highest BCUT2D eigenvalue weighted by Gasteiger charge is 2.41. The molecule has 1 N–H and O–H groups in total. The van der Waals surface area contributed by atoms with E-state index in [-0.39, 0.29) is 17.7 Å². The summed E-state index contributed by atoms with van der Waals surface area (Å²) in [6, 6.07) is 15.6. The minimum atomic E-state index is -0.477. The topological polar surface area (TPSA) is 73.9 Å². The van der Waals surface area contributed by atoms with Crippen LogP contribution < -0.4 is 14.8 Å². The number of nitrogens with one attached hydrogen (secondary N) is 1. The van der Waals surface area contributed by atoms with Gasteiger partial charge in [0.2, 0.25) is 0 Å². The minimum Gasteiger partial charge on any atom is -0.497 e. The number of benzene rings is 2. The second kappa shape index (κ2) is 11.5. The van der Waals surface area contributed by atoms with Gasteiger partial charge in [0.05, 0.1) is 25.9 Å². The zero-order valence-electron chi connectivity index (χ0n) is 21.6. The second-order valence-corrected chi connectivity index (χ2v) is 9.34. The number of esters is 1. The van der Waals surface area contributed by atoms with E-state index in [4.69, 9.17) is 14.2 Å². The summed E-state index contributed by atoms with van der Waals surface area (Å²) in [6.45, 7) is 6.89. The first-order valence-electron chi connectivity index (χ1n) is 12.7. The third kappa shape index (κ3) is 5.32. The van der Waals surface area contributed by atoms with E-state index in [1.54, 1.807) is 7.11 Å². The molecule has 6 nitrogen and oxygen atoms in total. The summed E-state index contributed by atoms with van der Waals surface area (Å²) in [7, 11) is 1.64. The lowest BCUT2D eigenvalue weighted by Crippen LogP contribution is -2.36. The molecule has 1 aliphatic heterocycles. The Bertz CT molecular complexity index is 1160. The standard InChI is InChI=1S/C30H35NO5/c1-5-15-35-24-13-9-21(10-14-24)28-27(30(33)36-16-6-2)19(3)31-25-17-22(18-26(32)29(25)28)20-7-11-23(34-4)12-8-20/h7-14,22,28,31H,5-6,15-18H2,1-4H3. The number of ketones is 1. The highest BCUT2D eigenvalue weighted by molar-refractivity contribution is 6.04. The summed E-state index contributed by atoms with van der Waals surface area (Å²) in [5, 5.41) is 3.41. The number of allylic oxidation sites excluding steroid dienone is 3. The SMILES string of the molecule is CCCOC(=O)C1=C(C)NC2=C(C(=O)CC(c3ccc(OC)cc3)C2)C1c1ccc(OCCC)cc1. The number of rotatable bonds is 9. The maximum Gasteiger partial charge on any atom is 0.336 e. The average molecular weight is 490 g/mol. The van der Waals surface area contributed by atoms with Gasteiger partial charge in [-0.05, 0) is 67.5 Å². The normalized spacial score (nSPS) is 19.5. The number of hydrogen-bond acceptors (Lipinski definition) is 6. The average Bonchev–Trinajstić information content (AvgIpc) is 2.90. The van der Waals surface area contributed by atoms with E-state index in [1.165, 1.54) is 0 Å². The molecular formula is C30H35NO5. The molecule has 1 heterocycles. The van der Waals surface area contributed by atoms with Crippen LogP contribution in [0.4, 0.5) is 0 Å². The predicted molar refractivity (Wildman–Crippen MR) is 139 cm³/mol. The van der Waals surface area contributed by atoms with Crippen LogP contribution in [0, 0.1) is 0 Å². The maximum absolute atomic E-state index is 13.7. The smallest absolute Gasteiger partial charge is 0.336 e. The molecule has 2 atom stereocenters. The Hall–Kier alpha value is -3.54. The van der Waals surface area contributed by atoms with Crippen molar-refractivity contribution in [3.8, 4) is 11.5 Å². The van der Waals surface area contributed by atoms with Gasteiger partial charge < -0.3 is 19.5 Å². The zero-order valence-corrected chi connectivity index (χ0v) is 21.6. The van der Waals surface area contributed by atoms with E-state index in [1.807, 2.05) is 62.4 Å². The lowest BCUT2D eigenvalue weighted by molar-refractivity contribution is -0.139. The maximum atomic E-state index is 13.7. The molecular weight excluding hydrogens is 454 g/mol. The summed E-state index contributed by atoms with van der Waals surface area (Å²) in [5.41, 5.74) is 4.76. The molecule has 0 amide bonds. The van der Waals surface area contributed by atoms with E-state index in [0.717, 1.165) is 46.9 Å². The number of hydrogen-bond donors (Lipinski definition) is 1. The molecule has 0 aromatic heterocycles. The van der Waals surface area contributed by atoms with Gasteiger partial charge in [0.1, 0.15) is 11.5 Å². The largest absolute Gasteiger partial charge is 0.497 e. The van der Waals surface area contributed by atoms with Gasteiger partial charge in [-0.15, -0.1) is 0 Å². The fourth-order valence-electron chi connectivity index (χ4n) is 5.00. The molecule has 0 bridgehead atoms. The van der Waals surface area contributed by atoms with Crippen molar-refractivity contribution in [2.45, 2.75) is 58.3 Å². The zero-order chi connectivity index (χ0) is 25.7. The summed E-state index contributed by atoms with van der Waals surface area (Å²) < 4.78 is 16.6. The highest BCUT2D eigenvalue weighted by Crippen LogP contribution is 2.46. The summed E-state index contributed by atoms with van der Waals surface area (Å²) in [6.07, 6.45) is 2.73. The van der Waals surface area contributed by atoms with Crippen molar-refractivity contribution in [1.82, 2.24) is 5.32 Å². The first kappa shape index (κ1) is 25.5. The van der Waals surface area contributed by atoms with Crippen LogP contribution in [0.25, 0.3) is 0 Å². The van der Waals surface area contributed by atoms with Crippen LogP contribution in [-0.2, 0) is 14.3 Å². The molecule has 2 aromatic rings. The summed E-state index contributed by atoms with van der Waals surface area (Å²) >= 11 is 0. The van der Waals surface area contributed by atoms with Crippen molar-refractivity contribution in [3.05, 3.63) is 82.2 Å². The third-order valence-corrected chi connectivity index (χ3v) is 6.76. The van der Waals surface area contributed by atoms with Gasteiger partial charge in [-0.2, -0.15) is 0 Å². The van der Waals surface area contributed by atoms with Gasteiger partial charge in [0, 0.05) is 29.3 Å². The summed E-state index contributed by atoms with van der Waals surface area (Å²) in [4.78, 5) is 26.9. The molecule has 1 aliphatic carbocycles. The van der Waals surface area contributed by atoms with E-state index < -0.39 is 5.92 Å². The Kier molecular flexibility index (Phi) is 8.14. The van der Waals surface area contributed by atoms with Crippen molar-refractivity contribution in [1.29, 1.82) is 0 Å². The number of dihydropyridines is 1. The third-order valence-electron chi connectivity index (χ3n) is 6.76. The Morgan fingerprint density at radius 3 is 2.19 bits per heavy atom. The Morgan fingerprint density at radius 2 is 1.56 bits per heavy atom. The predicted octanol–water partition coefficient (Wildman–Crippen LogP) is 5.80. The van der Waals surface area contributed by atoms with E-state index in [2.05, 4.69) is 12.2 Å². The van der Waals surface area contributed by atoms with E-state index >= 15 is 0 Å². The Labute approximate surface area is 213 Å². The molecule has 0 saturated heterocycles. The summed E-state index contributed by atoms with van der Waals surface area (Å²) in [5.74, 6) is 0.812. The quantitative estimate of drug-likeness (QED) is 0.449. The van der Waals surface area contributed by atoms with E-state index in [9.17, 15) is 9.59 Å². The van der Waals surface area contributed by atoms with Crippen molar-refractivity contribution in [3.63, 3.8) is 0 Å². The second-order valence-electron chi connectivity index (χ2n) is 9.34. The number of ether oxygens (including phenoxy) is 3. The molecule has 2 aliphatic rings. The van der Waals surface area contributed by atoms with Crippen LogP contribution >= 0.6 is 0 Å². The molecule has 0 fully saturated rings. The van der Waals surface area contributed by atoms with Gasteiger partial charge in [0.25, 0.3) is 0 Å². The van der Waals surface area contributed by atoms with Crippen molar-refractivity contribution >= 4 is 11.8 Å². The van der Waals surface area contributed by atoms with Crippen molar-refractivity contribution in [2.24, 2.45) is 0 Å². The Balaban J connectivity index is 1.71. The molecule has 2 aromatic carbocycles. The van der Waals surface area contributed by atoms with Crippen LogP contribution in [0.1, 0.15) is 69.4 Å². The van der Waals surface area contributed by atoms with Crippen LogP contribution in [0.5, 0.6) is 11.5 Å². The van der Waals surface area contributed by atoms with Crippen LogP contribution in [0.3, 0.4) is 0 Å². The molecule has 0 saturated carbocycles. The minimum absolute atomic E-state index is 0.0502. The van der Waals surface area contributed by atoms with Crippen molar-refractivity contribution < 1.29 is 23.8 Å². The lowest BCUT2D eigenvalue weighted by Gasteiger charge is -2.36. The van der Waals surface area contributed by atoms with Crippen LogP contribution in [0.2, 0.25) is 0 Å². The molecule has 4 rings (SSSR count). The lowest BCUT2D eigenvalue weighted by atomic mass is 9.71. The number of carbonyl (C=O) groups excluding carboxylic acids is 2. The molecule has 2 unspecified atom stereocenters. The van der Waals surface area contributed by atoms with Gasteiger partial charge in [-0.3, -0.25) is 4.79 Å². The van der Waals surface area contributed by atoms with Gasteiger partial charge in [-0.1, -0.05) is 38.1 Å². The Morgan fingerprint density at radius 1 is 0.917 bits per heavy atom. The first-order valence-corrected chi connectivity index (χ1v) is 12.7. The molecule has 0 radical (unpaired) electrons. The molecule has 190 valence electrons. The number of methoxy groups -OCH3 is 1. The number of carbonyl (C=O) groups is 2. The van der Waals surface area contributed by atoms with Gasteiger partial charge in [-0.25, -0.2) is 4.79 Å². The number of Topliss-reactive ketones (excluding diaryl/α,β-unsaturated/α-hetero) is 1. The molecule has 6 heteroatoms. The fourth-order valence-corrected chi connectivity index (χ4v) is 5.00. The fraction of sp³-hybridized carbons (Fsp3) is 0.400. The van der Waals surface area contributed by atoms with Crippen LogP contribution in [0.15, 0.2) is 71.1 Å². The van der Waals surface area contributed by atoms with Crippen molar-refractivity contribution in [2.75, 3.05) is 20.3 Å². The van der Waals surface area contributed by atoms with Crippen LogP contribution in [-0.4, -0.2) is 32.1 Å². The first-order chi connectivity index (χ1) is 17.5. The molecule has 0 spiro atoms. The van der Waals surface area contributed by atoms with E-state index in [0.29, 0.717) is 37.2 Å². The van der Waals surface area contributed by atoms with Gasteiger partial charge >= 0.3 is 5.97 Å². The van der Waals surface area contributed by atoms with Gasteiger partial charge in [0.15, 0.2) is 5.78 Å². The highest BCUT2D eigenvalue weighted by atomic mass is 16.5.